The first-order valence-electron chi connectivity index (χ1n) is 6.50. The van der Waals surface area contributed by atoms with Crippen LogP contribution < -0.4 is 10.6 Å². The van der Waals surface area contributed by atoms with Crippen LogP contribution in [0.3, 0.4) is 0 Å². The third-order valence-corrected chi connectivity index (χ3v) is 2.95. The Hall–Kier alpha value is -2.21. The molecule has 2 N–H and O–H groups in total. The highest BCUT2D eigenvalue weighted by Crippen LogP contribution is 2.17. The van der Waals surface area contributed by atoms with Crippen molar-refractivity contribution in [2.75, 3.05) is 5.32 Å². The van der Waals surface area contributed by atoms with Gasteiger partial charge in [-0.2, -0.15) is 0 Å². The first-order chi connectivity index (χ1) is 9.54. The Bertz CT molecular complexity index is 593. The lowest BCUT2D eigenvalue weighted by Gasteiger charge is -2.14. The van der Waals surface area contributed by atoms with Gasteiger partial charge in [0, 0.05) is 38.4 Å². The number of hydrogen-bond donors (Lipinski definition) is 2. The van der Waals surface area contributed by atoms with Crippen LogP contribution in [0.1, 0.15) is 31.1 Å². The quantitative estimate of drug-likeness (QED) is 0.868. The molecule has 1 aromatic heterocycles. The average molecular weight is 273 g/mol. The fraction of sp³-hybridized carbons (Fsp3) is 0.357. The van der Waals surface area contributed by atoms with E-state index in [-0.39, 0.29) is 11.9 Å². The second-order valence-corrected chi connectivity index (χ2v) is 4.79. The zero-order chi connectivity index (χ0) is 14.5. The Balaban J connectivity index is 1.97. The molecule has 0 bridgehead atoms. The molecule has 0 saturated heterocycles. The van der Waals surface area contributed by atoms with Crippen molar-refractivity contribution in [1.82, 2.24) is 20.3 Å². The minimum atomic E-state index is -0.0673. The topological polar surface area (TPSA) is 71.8 Å². The molecule has 0 radical (unpaired) electrons. The summed E-state index contributed by atoms with van der Waals surface area (Å²) in [5.74, 6) is -0.0673. The Morgan fingerprint density at radius 1 is 1.45 bits per heavy atom. The van der Waals surface area contributed by atoms with Crippen molar-refractivity contribution in [3.05, 3.63) is 41.7 Å². The molecule has 0 aliphatic carbocycles. The Kier molecular flexibility index (Phi) is 4.47. The number of benzene rings is 1. The standard InChI is InChI=1S/C14H19N5O/c1-10(15-8-14-9-19(3)18-17-14)12-5-4-6-13(7-12)16-11(2)20/h4-7,9-10,15H,8H2,1-3H3,(H,16,20). The number of hydrogen-bond acceptors (Lipinski definition) is 4. The van der Waals surface area contributed by atoms with Gasteiger partial charge in [-0.1, -0.05) is 17.3 Å². The number of carbonyl (C=O) groups is 1. The zero-order valence-corrected chi connectivity index (χ0v) is 11.9. The van der Waals surface area contributed by atoms with E-state index in [2.05, 4.69) is 27.9 Å². The minimum Gasteiger partial charge on any atom is -0.326 e. The lowest BCUT2D eigenvalue weighted by atomic mass is 10.1. The van der Waals surface area contributed by atoms with Gasteiger partial charge in [0.05, 0.1) is 5.69 Å². The van der Waals surface area contributed by atoms with E-state index in [0.29, 0.717) is 6.54 Å². The van der Waals surface area contributed by atoms with E-state index in [0.717, 1.165) is 16.9 Å². The Labute approximate surface area is 118 Å². The SMILES string of the molecule is CC(=O)Nc1cccc(C(C)NCc2cn(C)nn2)c1. The van der Waals surface area contributed by atoms with Crippen molar-refractivity contribution in [2.24, 2.45) is 7.05 Å². The molecule has 0 saturated carbocycles. The van der Waals surface area contributed by atoms with Crippen molar-refractivity contribution in [3.8, 4) is 0 Å². The summed E-state index contributed by atoms with van der Waals surface area (Å²) in [6.45, 7) is 4.23. The number of carbonyl (C=O) groups excluding carboxylic acids is 1. The van der Waals surface area contributed by atoms with Gasteiger partial charge < -0.3 is 10.6 Å². The van der Waals surface area contributed by atoms with Gasteiger partial charge in [0.2, 0.25) is 5.91 Å². The van der Waals surface area contributed by atoms with Crippen molar-refractivity contribution < 1.29 is 4.79 Å². The van der Waals surface area contributed by atoms with E-state index in [9.17, 15) is 4.79 Å². The van der Waals surface area contributed by atoms with Crippen molar-refractivity contribution in [3.63, 3.8) is 0 Å². The zero-order valence-electron chi connectivity index (χ0n) is 11.9. The van der Waals surface area contributed by atoms with Gasteiger partial charge in [0.15, 0.2) is 0 Å². The molecule has 106 valence electrons. The number of nitrogens with one attached hydrogen (secondary N) is 2. The second-order valence-electron chi connectivity index (χ2n) is 4.79. The molecule has 0 aliphatic heterocycles. The van der Waals surface area contributed by atoms with E-state index < -0.39 is 0 Å². The van der Waals surface area contributed by atoms with Crippen LogP contribution in [-0.2, 0) is 18.4 Å². The van der Waals surface area contributed by atoms with E-state index in [1.54, 1.807) is 4.68 Å². The van der Waals surface area contributed by atoms with Crippen LogP contribution in [0.4, 0.5) is 5.69 Å². The minimum absolute atomic E-state index is 0.0673. The lowest BCUT2D eigenvalue weighted by molar-refractivity contribution is -0.114. The third-order valence-electron chi connectivity index (χ3n) is 2.95. The summed E-state index contributed by atoms with van der Waals surface area (Å²) in [5.41, 5.74) is 2.82. The Morgan fingerprint density at radius 2 is 2.25 bits per heavy atom. The summed E-state index contributed by atoms with van der Waals surface area (Å²) >= 11 is 0. The van der Waals surface area contributed by atoms with E-state index in [1.165, 1.54) is 6.92 Å². The van der Waals surface area contributed by atoms with Crippen molar-refractivity contribution in [2.45, 2.75) is 26.4 Å². The molecule has 6 heteroatoms. The van der Waals surface area contributed by atoms with E-state index >= 15 is 0 Å². The smallest absolute Gasteiger partial charge is 0.221 e. The van der Waals surface area contributed by atoms with Crippen molar-refractivity contribution >= 4 is 11.6 Å². The predicted octanol–water partition coefficient (Wildman–Crippen LogP) is 1.62. The van der Waals surface area contributed by atoms with Gasteiger partial charge in [-0.05, 0) is 24.6 Å². The van der Waals surface area contributed by atoms with Gasteiger partial charge >= 0.3 is 0 Å². The lowest BCUT2D eigenvalue weighted by Crippen LogP contribution is -2.18. The molecule has 20 heavy (non-hydrogen) atoms. The summed E-state index contributed by atoms with van der Waals surface area (Å²) < 4.78 is 1.68. The van der Waals surface area contributed by atoms with Crippen molar-refractivity contribution in [1.29, 1.82) is 0 Å². The first kappa shape index (κ1) is 14.2. The monoisotopic (exact) mass is 273 g/mol. The highest BCUT2D eigenvalue weighted by atomic mass is 16.1. The van der Waals surface area contributed by atoms with Gasteiger partial charge in [0.25, 0.3) is 0 Å². The van der Waals surface area contributed by atoms with Crippen LogP contribution >= 0.6 is 0 Å². The Morgan fingerprint density at radius 3 is 2.90 bits per heavy atom. The van der Waals surface area contributed by atoms with Crippen LogP contribution in [0.25, 0.3) is 0 Å². The largest absolute Gasteiger partial charge is 0.326 e. The molecule has 1 amide bonds. The maximum Gasteiger partial charge on any atom is 0.221 e. The molecule has 2 rings (SSSR count). The van der Waals surface area contributed by atoms with Gasteiger partial charge in [-0.3, -0.25) is 9.48 Å². The van der Waals surface area contributed by atoms with Gasteiger partial charge in [-0.25, -0.2) is 0 Å². The molecule has 1 heterocycles. The first-order valence-corrected chi connectivity index (χ1v) is 6.50. The summed E-state index contributed by atoms with van der Waals surface area (Å²) in [5, 5.41) is 14.1. The maximum absolute atomic E-state index is 11.1. The van der Waals surface area contributed by atoms with Crippen LogP contribution in [0.5, 0.6) is 0 Å². The molecule has 0 spiro atoms. The molecular formula is C14H19N5O. The molecular weight excluding hydrogens is 254 g/mol. The molecule has 2 aromatic rings. The van der Waals surface area contributed by atoms with Crippen LogP contribution in [-0.4, -0.2) is 20.9 Å². The average Bonchev–Trinajstić information content (AvgIpc) is 2.81. The van der Waals surface area contributed by atoms with Crippen LogP contribution in [0.2, 0.25) is 0 Å². The highest BCUT2D eigenvalue weighted by Gasteiger charge is 2.07. The van der Waals surface area contributed by atoms with E-state index in [1.807, 2.05) is 37.5 Å². The predicted molar refractivity (Wildman–Crippen MR) is 77.0 cm³/mol. The molecule has 0 aliphatic rings. The molecule has 1 atom stereocenters. The molecule has 1 unspecified atom stereocenters. The van der Waals surface area contributed by atoms with Gasteiger partial charge in [-0.15, -0.1) is 5.10 Å². The molecule has 6 nitrogen and oxygen atoms in total. The number of nitrogens with zero attached hydrogens (tertiary/aromatic N) is 3. The highest BCUT2D eigenvalue weighted by molar-refractivity contribution is 5.88. The van der Waals surface area contributed by atoms with Crippen LogP contribution in [0, 0.1) is 0 Å². The number of rotatable bonds is 5. The normalized spacial score (nSPS) is 12.2. The number of amides is 1. The maximum atomic E-state index is 11.1. The summed E-state index contributed by atoms with van der Waals surface area (Å²) in [7, 11) is 1.84. The summed E-state index contributed by atoms with van der Waals surface area (Å²) in [6.07, 6.45) is 1.88. The summed E-state index contributed by atoms with van der Waals surface area (Å²) in [6, 6.07) is 7.96. The number of anilines is 1. The number of aromatic nitrogens is 3. The van der Waals surface area contributed by atoms with Gasteiger partial charge in [0.1, 0.15) is 0 Å². The van der Waals surface area contributed by atoms with Crippen LogP contribution in [0.15, 0.2) is 30.5 Å². The third kappa shape index (κ3) is 3.89. The molecule has 0 fully saturated rings. The number of aryl methyl sites for hydroxylation is 1. The fourth-order valence-corrected chi connectivity index (χ4v) is 1.94. The molecule has 1 aromatic carbocycles. The van der Waals surface area contributed by atoms with E-state index in [4.69, 9.17) is 0 Å². The summed E-state index contributed by atoms with van der Waals surface area (Å²) in [4.78, 5) is 11.1. The fourth-order valence-electron chi connectivity index (χ4n) is 1.94. The second kappa shape index (κ2) is 6.29.